The summed E-state index contributed by atoms with van der Waals surface area (Å²) in [5.74, 6) is -13.2. The van der Waals surface area contributed by atoms with Crippen molar-refractivity contribution in [2.75, 3.05) is 45.9 Å². The molecular formula is C64H87FN26O15. The lowest BCUT2D eigenvalue weighted by molar-refractivity contribution is -0.146. The van der Waals surface area contributed by atoms with E-state index in [0.717, 1.165) is 0 Å². The number of alkyl halides is 1. The van der Waals surface area contributed by atoms with Crippen LogP contribution in [-0.4, -0.2) is 220 Å². The van der Waals surface area contributed by atoms with E-state index in [2.05, 4.69) is 100 Å². The minimum Gasteiger partial charge on any atom is -0.481 e. The molecule has 106 heavy (non-hydrogen) atoms. The van der Waals surface area contributed by atoms with E-state index in [1.165, 1.54) is 32.6 Å². The summed E-state index contributed by atoms with van der Waals surface area (Å²) in [6, 6.07) is 3.96. The van der Waals surface area contributed by atoms with Crippen LogP contribution in [0.15, 0.2) is 79.3 Å². The van der Waals surface area contributed by atoms with Crippen LogP contribution in [0.3, 0.4) is 0 Å². The quantitative estimate of drug-likeness (QED) is 0.00829. The lowest BCUT2D eigenvalue weighted by Crippen LogP contribution is -2.55. The Morgan fingerprint density at radius 2 is 1.06 bits per heavy atom. The highest BCUT2D eigenvalue weighted by molar-refractivity contribution is 6.05. The van der Waals surface area contributed by atoms with Gasteiger partial charge >= 0.3 is 11.9 Å². The first kappa shape index (κ1) is 80.7. The number of carbonyl (C=O) groups is 13. The number of hydrogen-bond donors (Lipinski definition) is 19. The highest BCUT2D eigenvalue weighted by atomic mass is 19.1. The fraction of sp³-hybridized carbons (Fsp3) is 0.484. The maximum absolute atomic E-state index is 14.5. The number of fused-ring (bicyclic) bond motifs is 4. The first-order chi connectivity index (χ1) is 50.8. The summed E-state index contributed by atoms with van der Waals surface area (Å²) in [5, 5.41) is 93.1. The van der Waals surface area contributed by atoms with Crippen molar-refractivity contribution in [1.82, 2.24) is 114 Å². The summed E-state index contributed by atoms with van der Waals surface area (Å²) in [5.41, 5.74) is 12.3. The van der Waals surface area contributed by atoms with Crippen LogP contribution in [0.25, 0.3) is 0 Å². The van der Waals surface area contributed by atoms with Gasteiger partial charge in [-0.05, 0) is 88.2 Å². The molecule has 2 aromatic carbocycles. The third kappa shape index (κ3) is 25.7. The molecule has 0 saturated heterocycles. The number of amides is 11. The van der Waals surface area contributed by atoms with Gasteiger partial charge in [0.25, 0.3) is 5.91 Å². The van der Waals surface area contributed by atoms with Crippen molar-refractivity contribution in [3.05, 3.63) is 107 Å². The van der Waals surface area contributed by atoms with E-state index in [1.54, 1.807) is 60.7 Å². The van der Waals surface area contributed by atoms with Crippen molar-refractivity contribution >= 4 is 88.8 Å². The Morgan fingerprint density at radius 1 is 0.547 bits per heavy atom. The van der Waals surface area contributed by atoms with Gasteiger partial charge in [0.05, 0.1) is 50.3 Å². The summed E-state index contributed by atoms with van der Waals surface area (Å²) in [6.45, 7) is -2.55. The van der Waals surface area contributed by atoms with Crippen LogP contribution in [0.5, 0.6) is 0 Å². The number of aryl methyl sites for hydroxylation is 1. The highest BCUT2D eigenvalue weighted by Crippen LogP contribution is 2.26. The number of aliphatic carboxylic acids is 2. The number of halogens is 1. The Morgan fingerprint density at radius 3 is 1.58 bits per heavy atom. The van der Waals surface area contributed by atoms with Crippen LogP contribution in [-0.2, 0) is 75.3 Å². The number of nitrogens with two attached hydrogens (primary N) is 2. The molecule has 0 fully saturated rings. The van der Waals surface area contributed by atoms with Crippen molar-refractivity contribution in [2.45, 2.75) is 151 Å². The number of nitrogens with zero attached hydrogens (tertiary/aromatic N) is 9. The summed E-state index contributed by atoms with van der Waals surface area (Å²) >= 11 is 0. The fourth-order valence-electron chi connectivity index (χ4n) is 11.2. The minimum atomic E-state index is -2.13. The van der Waals surface area contributed by atoms with E-state index in [-0.39, 0.29) is 133 Å². The smallest absolute Gasteiger partial charge is 0.336 e. The van der Waals surface area contributed by atoms with Crippen LogP contribution < -0.4 is 80.6 Å². The molecule has 21 N–H and O–H groups in total. The fourth-order valence-corrected chi connectivity index (χ4v) is 11.2. The van der Waals surface area contributed by atoms with Gasteiger partial charge in [-0.25, -0.2) is 18.8 Å². The van der Waals surface area contributed by atoms with Gasteiger partial charge in [-0.15, -0.1) is 15.3 Å². The zero-order chi connectivity index (χ0) is 76.7. The molecule has 41 nitrogen and oxygen atoms in total. The molecule has 0 radical (unpaired) electrons. The number of hydrogen-bond acceptors (Lipinski definition) is 21. The number of carbonyl (C=O) groups excluding carboxylic acids is 11. The van der Waals surface area contributed by atoms with Crippen LogP contribution in [0.1, 0.15) is 136 Å². The second-order valence-corrected chi connectivity index (χ2v) is 24.7. The molecule has 5 aromatic rings. The maximum Gasteiger partial charge on any atom is 0.336 e. The number of unbranched alkanes of at least 4 members (excludes halogenated alkanes) is 1. The molecule has 0 aliphatic carbocycles. The molecule has 0 saturated carbocycles. The third-order valence-corrected chi connectivity index (χ3v) is 16.6. The largest absolute Gasteiger partial charge is 0.481 e. The molecule has 5 heterocycles. The molecule has 4 bridgehead atoms. The number of nitrogens with one attached hydrogen (secondary N) is 15. The van der Waals surface area contributed by atoms with Crippen molar-refractivity contribution in [1.29, 1.82) is 10.8 Å². The van der Waals surface area contributed by atoms with E-state index >= 15 is 0 Å². The molecule has 9 atom stereocenters. The van der Waals surface area contributed by atoms with E-state index in [4.69, 9.17) is 22.3 Å². The molecule has 7 rings (SSSR count). The van der Waals surface area contributed by atoms with Gasteiger partial charge in [-0.1, -0.05) is 76.3 Å². The number of aromatic nitrogens is 9. The summed E-state index contributed by atoms with van der Waals surface area (Å²) in [4.78, 5) is 176. The monoisotopic (exact) mass is 1480 g/mol. The van der Waals surface area contributed by atoms with Crippen LogP contribution >= 0.6 is 0 Å². The number of guanidine groups is 2. The first-order valence-electron chi connectivity index (χ1n) is 34.0. The van der Waals surface area contributed by atoms with Crippen LogP contribution in [0.4, 0.5) is 4.39 Å². The number of benzene rings is 2. The molecule has 3 aromatic heterocycles. The van der Waals surface area contributed by atoms with Gasteiger partial charge in [0.2, 0.25) is 65.1 Å². The Hall–Kier alpha value is -12.6. The van der Waals surface area contributed by atoms with Gasteiger partial charge in [-0.2, -0.15) is 0 Å². The molecule has 42 heteroatoms. The number of carboxylic acid groups (broad SMARTS) is 2. The van der Waals surface area contributed by atoms with Crippen LogP contribution in [0.2, 0.25) is 0 Å². The zero-order valence-electron chi connectivity index (χ0n) is 57.5. The lowest BCUT2D eigenvalue weighted by atomic mass is 10.0. The van der Waals surface area contributed by atoms with Gasteiger partial charge in [0.1, 0.15) is 60.2 Å². The van der Waals surface area contributed by atoms with Crippen molar-refractivity contribution < 1.29 is 76.9 Å². The normalized spacial score (nSPS) is 20.0. The maximum atomic E-state index is 14.5. The van der Waals surface area contributed by atoms with Crippen LogP contribution in [0, 0.1) is 10.8 Å². The second-order valence-electron chi connectivity index (χ2n) is 24.7. The molecule has 2 aliphatic rings. The average Bonchev–Trinajstić information content (AvgIpc) is 1.63. The molecule has 11 amide bonds. The summed E-state index contributed by atoms with van der Waals surface area (Å²) in [7, 11) is 0. The highest BCUT2D eigenvalue weighted by Gasteiger charge is 2.36. The number of carboxylic acids is 2. The van der Waals surface area contributed by atoms with E-state index in [0.29, 0.717) is 16.8 Å². The van der Waals surface area contributed by atoms with Gasteiger partial charge in [-0.3, -0.25) is 72.7 Å². The predicted octanol–water partition coefficient (Wildman–Crippen LogP) is -5.01. The summed E-state index contributed by atoms with van der Waals surface area (Å²) < 4.78 is 16.6. The SMILES string of the molecule is N=C(N)NCCC[C@@H]1NC(=O)C(CCCNC(=O)CC[C@H](NC(=O)Cn2cc(CCCF)nn2)C(=O)NCCCC[C@H]2C(=O)N[C@@H](CCCNC(=N)N)C(=O)NCC(=O)N[C@@H](CC(=O)O)C(=O)NC(c3ccccc3)c3cn2nn3)n2cc(nn2)C(c2ccccc2)NC(=O)C(C(=O)O)NC(=O)CNC1=O. The minimum absolute atomic E-state index is 0.0285. The Labute approximate surface area is 604 Å². The van der Waals surface area contributed by atoms with Gasteiger partial charge < -0.3 is 90.8 Å². The Kier molecular flexibility index (Phi) is 31.2. The third-order valence-electron chi connectivity index (χ3n) is 16.6. The van der Waals surface area contributed by atoms with E-state index in [1.807, 2.05) is 0 Å². The first-order valence-corrected chi connectivity index (χ1v) is 34.0. The Balaban J connectivity index is 1.07. The topological polar surface area (TPSA) is 611 Å². The molecule has 0 spiro atoms. The van der Waals surface area contributed by atoms with Crippen molar-refractivity contribution in [3.63, 3.8) is 0 Å². The summed E-state index contributed by atoms with van der Waals surface area (Å²) in [6.07, 6.45) is 3.54. The second kappa shape index (κ2) is 40.9. The van der Waals surface area contributed by atoms with Crippen molar-refractivity contribution in [2.24, 2.45) is 11.5 Å². The molecule has 2 aliphatic heterocycles. The molecule has 570 valence electrons. The van der Waals surface area contributed by atoms with Gasteiger partial charge in [0, 0.05) is 38.8 Å². The zero-order valence-corrected chi connectivity index (χ0v) is 57.5. The predicted molar refractivity (Wildman–Crippen MR) is 367 cm³/mol. The van der Waals surface area contributed by atoms with Gasteiger partial charge in [0.15, 0.2) is 11.9 Å². The van der Waals surface area contributed by atoms with E-state index < -0.39 is 164 Å². The standard InChI is InChI=1S/C64H87FN26O15/c65-24-9-17-38-32-89(86-83-38)35-50(95)76-41(22-23-47(92)70-26-12-21-46-60(103)79-40(19-11-28-73-64(68)69)57(100)75-31-49(94)80-54(62(105)106)61(104)82-53(37-15-5-2-6-16-37)44-34-91(46)88-85-44)55(98)71-25-8-7-20-45-59(102)78-39(18-10-27-72-63(66)67)56(99)74-30-48(93)77-42(29-51(96)97)58(101)81-52(36-13-3-1-4-14-36)43-33-90(45)87-84-43/h1-6,13-16,32-34,39-42,45-46,52-54H,7-12,17-31,35H2,(H,70,92)(H,71,98)(H,74,99)(H,75,100)(H,76,95)(H,77,93)(H,78,102)(H,79,103)(H,80,94)(H,81,101)(H,82,104)(H,96,97)(H,105,106)(H4,66,67,72)(H4,68,69,73)/t39-,40-,41-,42-,45-,46?,52?,53?,54?/m0/s1. The average molecular weight is 1480 g/mol. The molecule has 4 unspecified atom stereocenters. The number of rotatable bonds is 32. The van der Waals surface area contributed by atoms with E-state index in [9.17, 15) is 76.9 Å². The lowest BCUT2D eigenvalue weighted by Gasteiger charge is -2.24. The van der Waals surface area contributed by atoms with Crippen molar-refractivity contribution in [3.8, 4) is 0 Å². The molecular weight excluding hydrogens is 1390 g/mol. The Bertz CT molecular complexity index is 3910.